The van der Waals surface area contributed by atoms with E-state index < -0.39 is 12.0 Å². The van der Waals surface area contributed by atoms with Gasteiger partial charge in [0.25, 0.3) is 5.91 Å². The molecule has 0 aromatic heterocycles. The number of nitrogens with one attached hydrogen (secondary N) is 1. The molecule has 0 saturated carbocycles. The molecule has 0 aliphatic carbocycles. The monoisotopic (exact) mass is 315 g/mol. The molecule has 7 nitrogen and oxygen atoms in total. The Morgan fingerprint density at radius 1 is 1.48 bits per heavy atom. The summed E-state index contributed by atoms with van der Waals surface area (Å²) in [6, 6.07) is 9.81. The van der Waals surface area contributed by atoms with Gasteiger partial charge >= 0.3 is 6.09 Å². The van der Waals surface area contributed by atoms with Gasteiger partial charge in [0.2, 0.25) is 0 Å². The Morgan fingerprint density at radius 2 is 2.30 bits per heavy atom. The van der Waals surface area contributed by atoms with E-state index in [1.54, 1.807) is 24.3 Å². The van der Waals surface area contributed by atoms with Crippen molar-refractivity contribution in [3.05, 3.63) is 35.9 Å². The van der Waals surface area contributed by atoms with Crippen molar-refractivity contribution >= 4 is 22.8 Å². The molecule has 2 amide bonds. The van der Waals surface area contributed by atoms with Crippen molar-refractivity contribution in [2.75, 3.05) is 20.3 Å². The van der Waals surface area contributed by atoms with Gasteiger partial charge in [-0.1, -0.05) is 12.1 Å². The second-order valence-corrected chi connectivity index (χ2v) is 5.05. The SMILES string of the molecule is COc1cc2c(OC[C@@H]3COC(=O)N3)cccc2[c]c1C(N)=O. The number of nitrogens with two attached hydrogens (primary N) is 1. The summed E-state index contributed by atoms with van der Waals surface area (Å²) in [6.45, 7) is 0.537. The zero-order valence-electron chi connectivity index (χ0n) is 12.4. The standard InChI is InChI=1S/C16H15N2O5/c1-21-14-6-11-9(5-12(14)15(17)19)3-2-4-13(11)22-7-10-8-23-16(20)18-10/h2-4,6,10H,7-8H2,1H3,(H2,17,19)(H,18,20)/t10-/m1/s1. The van der Waals surface area contributed by atoms with Crippen LogP contribution in [0.4, 0.5) is 4.79 Å². The molecule has 1 aliphatic heterocycles. The molecule has 1 radical (unpaired) electrons. The van der Waals surface area contributed by atoms with Gasteiger partial charge in [0.15, 0.2) is 0 Å². The van der Waals surface area contributed by atoms with Gasteiger partial charge in [0.1, 0.15) is 30.8 Å². The number of hydrogen-bond donors (Lipinski definition) is 2. The highest BCUT2D eigenvalue weighted by molar-refractivity contribution is 6.01. The van der Waals surface area contributed by atoms with Crippen LogP contribution in [0.15, 0.2) is 24.3 Å². The first-order chi connectivity index (χ1) is 11.1. The summed E-state index contributed by atoms with van der Waals surface area (Å²) >= 11 is 0. The Hall–Kier alpha value is -2.96. The molecule has 1 fully saturated rings. The Bertz CT molecular complexity index is 774. The maximum atomic E-state index is 11.5. The van der Waals surface area contributed by atoms with Gasteiger partial charge < -0.3 is 25.3 Å². The largest absolute Gasteiger partial charge is 0.496 e. The van der Waals surface area contributed by atoms with E-state index in [-0.39, 0.29) is 24.8 Å². The van der Waals surface area contributed by atoms with Gasteiger partial charge in [-0.15, -0.1) is 0 Å². The normalized spacial score (nSPS) is 16.7. The lowest BCUT2D eigenvalue weighted by Crippen LogP contribution is -2.32. The molecule has 2 aromatic carbocycles. The van der Waals surface area contributed by atoms with Crippen molar-refractivity contribution in [2.24, 2.45) is 5.73 Å². The average molecular weight is 315 g/mol. The molecular formula is C16H15N2O5. The molecule has 3 rings (SSSR count). The van der Waals surface area contributed by atoms with Crippen LogP contribution in [-0.4, -0.2) is 38.4 Å². The number of amides is 2. The number of fused-ring (bicyclic) bond motifs is 1. The predicted molar refractivity (Wildman–Crippen MR) is 81.6 cm³/mol. The maximum Gasteiger partial charge on any atom is 0.407 e. The molecule has 0 unspecified atom stereocenters. The van der Waals surface area contributed by atoms with Crippen molar-refractivity contribution in [1.82, 2.24) is 5.32 Å². The van der Waals surface area contributed by atoms with Crippen LogP contribution in [-0.2, 0) is 4.74 Å². The van der Waals surface area contributed by atoms with Crippen LogP contribution < -0.4 is 20.5 Å². The zero-order chi connectivity index (χ0) is 16.4. The van der Waals surface area contributed by atoms with Crippen LogP contribution in [0.25, 0.3) is 10.8 Å². The summed E-state index contributed by atoms with van der Waals surface area (Å²) in [7, 11) is 1.45. The Balaban J connectivity index is 1.91. The van der Waals surface area contributed by atoms with Crippen LogP contribution in [0, 0.1) is 6.07 Å². The fourth-order valence-electron chi connectivity index (χ4n) is 2.38. The molecule has 3 N–H and O–H groups in total. The highest BCUT2D eigenvalue weighted by Gasteiger charge is 2.23. The summed E-state index contributed by atoms with van der Waals surface area (Å²) in [5.41, 5.74) is 5.53. The number of benzene rings is 2. The van der Waals surface area contributed by atoms with Crippen LogP contribution >= 0.6 is 0 Å². The Morgan fingerprint density at radius 3 is 2.96 bits per heavy atom. The maximum absolute atomic E-state index is 11.5. The number of methoxy groups -OCH3 is 1. The molecule has 1 saturated heterocycles. The van der Waals surface area contributed by atoms with Crippen LogP contribution in [0.3, 0.4) is 0 Å². The van der Waals surface area contributed by atoms with Crippen molar-refractivity contribution < 1.29 is 23.8 Å². The van der Waals surface area contributed by atoms with E-state index in [0.29, 0.717) is 16.9 Å². The molecule has 23 heavy (non-hydrogen) atoms. The van der Waals surface area contributed by atoms with Crippen molar-refractivity contribution in [3.8, 4) is 11.5 Å². The molecule has 0 bridgehead atoms. The summed E-state index contributed by atoms with van der Waals surface area (Å²) in [6.07, 6.45) is -0.447. The first kappa shape index (κ1) is 15.0. The van der Waals surface area contributed by atoms with E-state index in [9.17, 15) is 9.59 Å². The molecule has 119 valence electrons. The number of carbonyl (C=O) groups excluding carboxylic acids is 2. The number of cyclic esters (lactones) is 1. The lowest BCUT2D eigenvalue weighted by atomic mass is 10.0. The predicted octanol–water partition coefficient (Wildman–Crippen LogP) is 1.23. The molecule has 1 aliphatic rings. The van der Waals surface area contributed by atoms with E-state index in [0.717, 1.165) is 5.39 Å². The fraction of sp³-hybridized carbons (Fsp3) is 0.250. The minimum Gasteiger partial charge on any atom is -0.496 e. The third-order valence-corrected chi connectivity index (χ3v) is 3.49. The summed E-state index contributed by atoms with van der Waals surface area (Å²) < 4.78 is 15.8. The number of primary amides is 1. The zero-order valence-corrected chi connectivity index (χ0v) is 12.4. The summed E-state index contributed by atoms with van der Waals surface area (Å²) in [4.78, 5) is 22.5. The highest BCUT2D eigenvalue weighted by Crippen LogP contribution is 2.31. The Labute approximate surface area is 132 Å². The van der Waals surface area contributed by atoms with Gasteiger partial charge in [-0.05, 0) is 17.5 Å². The highest BCUT2D eigenvalue weighted by atomic mass is 16.6. The first-order valence-electron chi connectivity index (χ1n) is 6.97. The fourth-order valence-corrected chi connectivity index (χ4v) is 2.38. The first-order valence-corrected chi connectivity index (χ1v) is 6.97. The molecular weight excluding hydrogens is 300 g/mol. The van der Waals surface area contributed by atoms with E-state index >= 15 is 0 Å². The Kier molecular flexibility index (Phi) is 3.92. The number of hydrogen-bond acceptors (Lipinski definition) is 5. The van der Waals surface area contributed by atoms with Gasteiger partial charge in [-0.25, -0.2) is 4.79 Å². The van der Waals surface area contributed by atoms with Crippen LogP contribution in [0.1, 0.15) is 10.4 Å². The van der Waals surface area contributed by atoms with Gasteiger partial charge in [-0.3, -0.25) is 4.79 Å². The van der Waals surface area contributed by atoms with Gasteiger partial charge in [0, 0.05) is 11.5 Å². The number of carbonyl (C=O) groups is 2. The smallest absolute Gasteiger partial charge is 0.407 e. The molecule has 0 spiro atoms. The number of ether oxygens (including phenoxy) is 3. The minimum absolute atomic E-state index is 0.189. The number of alkyl carbamates (subject to hydrolysis) is 1. The summed E-state index contributed by atoms with van der Waals surface area (Å²) in [5.74, 6) is 0.314. The second-order valence-electron chi connectivity index (χ2n) is 5.05. The van der Waals surface area contributed by atoms with Crippen molar-refractivity contribution in [1.29, 1.82) is 0 Å². The van der Waals surface area contributed by atoms with Gasteiger partial charge in [0.05, 0.1) is 12.7 Å². The lowest BCUT2D eigenvalue weighted by molar-refractivity contribution is 0.0997. The van der Waals surface area contributed by atoms with E-state index in [1.807, 2.05) is 0 Å². The van der Waals surface area contributed by atoms with E-state index in [1.165, 1.54) is 7.11 Å². The minimum atomic E-state index is -0.610. The number of rotatable bonds is 5. The molecule has 2 aromatic rings. The van der Waals surface area contributed by atoms with E-state index in [4.69, 9.17) is 19.9 Å². The third-order valence-electron chi connectivity index (χ3n) is 3.49. The lowest BCUT2D eigenvalue weighted by Gasteiger charge is -2.14. The van der Waals surface area contributed by atoms with Crippen LogP contribution in [0.2, 0.25) is 0 Å². The van der Waals surface area contributed by atoms with Crippen LogP contribution in [0.5, 0.6) is 11.5 Å². The van der Waals surface area contributed by atoms with E-state index in [2.05, 4.69) is 11.4 Å². The topological polar surface area (TPSA) is 99.9 Å². The quantitative estimate of drug-likeness (QED) is 0.864. The average Bonchev–Trinajstić information content (AvgIpc) is 2.96. The molecule has 1 atom stereocenters. The summed E-state index contributed by atoms with van der Waals surface area (Å²) in [5, 5.41) is 4.06. The second kappa shape index (κ2) is 6.04. The molecule has 1 heterocycles. The van der Waals surface area contributed by atoms with Crippen molar-refractivity contribution in [3.63, 3.8) is 0 Å². The third kappa shape index (κ3) is 2.98. The van der Waals surface area contributed by atoms with Gasteiger partial charge in [-0.2, -0.15) is 0 Å². The van der Waals surface area contributed by atoms with Crippen molar-refractivity contribution in [2.45, 2.75) is 6.04 Å². The molecule has 7 heteroatoms.